The van der Waals surface area contributed by atoms with Gasteiger partial charge in [-0.05, 0) is 35.9 Å². The Bertz CT molecular complexity index is 1110. The first-order valence-electron chi connectivity index (χ1n) is 9.83. The van der Waals surface area contributed by atoms with Crippen molar-refractivity contribution in [3.05, 3.63) is 53.9 Å². The summed E-state index contributed by atoms with van der Waals surface area (Å²) in [5.74, 6) is 0.0913. The molecule has 172 valence electrons. The number of benzene rings is 2. The van der Waals surface area contributed by atoms with Crippen LogP contribution in [0.5, 0.6) is 17.2 Å². The summed E-state index contributed by atoms with van der Waals surface area (Å²) in [4.78, 5) is 14.1. The average Bonchev–Trinajstić information content (AvgIpc) is 2.82. The Labute approximate surface area is 186 Å². The number of halogens is 1. The molecule has 0 N–H and O–H groups in total. The fraction of sp³-hybridized carbons (Fsp3) is 0.318. The smallest absolute Gasteiger partial charge is 0.246 e. The maximum absolute atomic E-state index is 13.8. The van der Waals surface area contributed by atoms with Crippen LogP contribution in [0.25, 0.3) is 6.08 Å². The van der Waals surface area contributed by atoms with Gasteiger partial charge in [-0.2, -0.15) is 4.31 Å². The van der Waals surface area contributed by atoms with Crippen LogP contribution < -0.4 is 14.2 Å². The Morgan fingerprint density at radius 1 is 0.906 bits per heavy atom. The van der Waals surface area contributed by atoms with E-state index < -0.39 is 15.8 Å². The molecule has 0 atom stereocenters. The van der Waals surface area contributed by atoms with Crippen LogP contribution in [0, 0.1) is 5.82 Å². The third-order valence-electron chi connectivity index (χ3n) is 5.14. The molecule has 1 aliphatic rings. The van der Waals surface area contributed by atoms with E-state index in [9.17, 15) is 17.6 Å². The van der Waals surface area contributed by atoms with Crippen LogP contribution in [-0.4, -0.2) is 71.0 Å². The number of amides is 1. The Kier molecular flexibility index (Phi) is 7.37. The van der Waals surface area contributed by atoms with Gasteiger partial charge in [0.1, 0.15) is 0 Å². The Balaban J connectivity index is 1.64. The molecule has 0 aromatic heterocycles. The first kappa shape index (κ1) is 23.6. The summed E-state index contributed by atoms with van der Waals surface area (Å²) in [6.45, 7) is 0.806. The molecule has 2 aromatic carbocycles. The van der Waals surface area contributed by atoms with Crippen LogP contribution in [0.15, 0.2) is 47.4 Å². The third kappa shape index (κ3) is 5.03. The minimum atomic E-state index is -3.75. The first-order chi connectivity index (χ1) is 15.3. The normalized spacial score (nSPS) is 15.1. The first-order valence-corrected chi connectivity index (χ1v) is 11.3. The molecule has 0 unspecified atom stereocenters. The fourth-order valence-electron chi connectivity index (χ4n) is 3.33. The Morgan fingerprint density at radius 3 is 2.12 bits per heavy atom. The zero-order valence-corrected chi connectivity index (χ0v) is 18.9. The summed E-state index contributed by atoms with van der Waals surface area (Å²) in [6.07, 6.45) is 2.86. The molecule has 0 aliphatic carbocycles. The second-order valence-electron chi connectivity index (χ2n) is 6.97. The van der Waals surface area contributed by atoms with Crippen LogP contribution in [0.4, 0.5) is 4.39 Å². The van der Waals surface area contributed by atoms with Gasteiger partial charge < -0.3 is 19.1 Å². The molecule has 8 nitrogen and oxygen atoms in total. The zero-order chi connectivity index (χ0) is 23.3. The molecular weight excluding hydrogens is 439 g/mol. The van der Waals surface area contributed by atoms with Gasteiger partial charge in [0, 0.05) is 38.3 Å². The number of hydrogen-bond donors (Lipinski definition) is 0. The number of carbonyl (C=O) groups excluding carboxylic acids is 1. The molecule has 1 fully saturated rings. The molecule has 32 heavy (non-hydrogen) atoms. The third-order valence-corrected chi connectivity index (χ3v) is 7.03. The van der Waals surface area contributed by atoms with Crippen molar-refractivity contribution in [1.82, 2.24) is 9.21 Å². The summed E-state index contributed by atoms with van der Waals surface area (Å²) in [5, 5.41) is 0. The van der Waals surface area contributed by atoms with Crippen LogP contribution >= 0.6 is 0 Å². The lowest BCUT2D eigenvalue weighted by Gasteiger charge is -2.33. The van der Waals surface area contributed by atoms with Crippen LogP contribution in [0.1, 0.15) is 5.56 Å². The second-order valence-corrected chi connectivity index (χ2v) is 8.91. The van der Waals surface area contributed by atoms with Gasteiger partial charge in [-0.1, -0.05) is 6.07 Å². The highest BCUT2D eigenvalue weighted by molar-refractivity contribution is 7.89. The lowest BCUT2D eigenvalue weighted by Crippen LogP contribution is -2.50. The van der Waals surface area contributed by atoms with E-state index in [2.05, 4.69) is 0 Å². The molecule has 1 heterocycles. The van der Waals surface area contributed by atoms with Gasteiger partial charge in [0.2, 0.25) is 15.9 Å². The number of nitrogens with zero attached hydrogens (tertiary/aromatic N) is 2. The number of ether oxygens (including phenoxy) is 3. The molecular formula is C22H25FN2O6S. The van der Waals surface area contributed by atoms with Crippen molar-refractivity contribution >= 4 is 22.0 Å². The molecule has 10 heteroatoms. The van der Waals surface area contributed by atoms with Crippen molar-refractivity contribution in [2.75, 3.05) is 47.5 Å². The molecule has 0 radical (unpaired) electrons. The predicted molar refractivity (Wildman–Crippen MR) is 117 cm³/mol. The molecule has 1 aliphatic heterocycles. The van der Waals surface area contributed by atoms with Crippen LogP contribution in [0.2, 0.25) is 0 Å². The number of rotatable bonds is 7. The Hall–Kier alpha value is -3.11. The van der Waals surface area contributed by atoms with Gasteiger partial charge in [-0.15, -0.1) is 0 Å². The van der Waals surface area contributed by atoms with E-state index in [0.29, 0.717) is 17.1 Å². The van der Waals surface area contributed by atoms with Crippen molar-refractivity contribution in [2.24, 2.45) is 0 Å². The van der Waals surface area contributed by atoms with Crippen molar-refractivity contribution in [3.8, 4) is 17.2 Å². The van der Waals surface area contributed by atoms with Gasteiger partial charge >= 0.3 is 0 Å². The fourth-order valence-corrected chi connectivity index (χ4v) is 4.77. The lowest BCUT2D eigenvalue weighted by molar-refractivity contribution is -0.127. The highest BCUT2D eigenvalue weighted by atomic mass is 32.2. The summed E-state index contributed by atoms with van der Waals surface area (Å²) >= 11 is 0. The van der Waals surface area contributed by atoms with Crippen molar-refractivity contribution in [1.29, 1.82) is 0 Å². The Morgan fingerprint density at radius 2 is 1.53 bits per heavy atom. The highest BCUT2D eigenvalue weighted by Gasteiger charge is 2.30. The van der Waals surface area contributed by atoms with E-state index >= 15 is 0 Å². The molecule has 0 saturated carbocycles. The largest absolute Gasteiger partial charge is 0.494 e. The van der Waals surface area contributed by atoms with Crippen LogP contribution in [0.3, 0.4) is 0 Å². The van der Waals surface area contributed by atoms with E-state index in [1.165, 1.54) is 68.1 Å². The number of methoxy groups -OCH3 is 3. The van der Waals surface area contributed by atoms with E-state index in [-0.39, 0.29) is 42.7 Å². The molecule has 1 amide bonds. The molecule has 2 aromatic rings. The molecule has 1 saturated heterocycles. The van der Waals surface area contributed by atoms with Gasteiger partial charge in [-0.3, -0.25) is 4.79 Å². The van der Waals surface area contributed by atoms with Gasteiger partial charge in [0.15, 0.2) is 23.1 Å². The summed E-state index contributed by atoms with van der Waals surface area (Å²) in [6, 6.07) is 8.82. The SMILES string of the molecule is COc1ccc(/C=C/C(=O)N2CCN(S(=O)(=O)c3ccc(OC)c(OC)c3)CC2)cc1F. The van der Waals surface area contributed by atoms with Crippen molar-refractivity contribution in [2.45, 2.75) is 4.90 Å². The molecule has 0 bridgehead atoms. The quantitative estimate of drug-likeness (QED) is 0.585. The number of piperazine rings is 1. The van der Waals surface area contributed by atoms with Crippen molar-refractivity contribution in [3.63, 3.8) is 0 Å². The minimum Gasteiger partial charge on any atom is -0.494 e. The highest BCUT2D eigenvalue weighted by Crippen LogP contribution is 2.31. The van der Waals surface area contributed by atoms with Crippen molar-refractivity contribution < 1.29 is 31.8 Å². The average molecular weight is 465 g/mol. The van der Waals surface area contributed by atoms with Crippen LogP contribution in [-0.2, 0) is 14.8 Å². The summed E-state index contributed by atoms with van der Waals surface area (Å²) < 4.78 is 56.3. The summed E-state index contributed by atoms with van der Waals surface area (Å²) in [7, 11) is 0.541. The van der Waals surface area contributed by atoms with E-state index in [1.54, 1.807) is 11.0 Å². The van der Waals surface area contributed by atoms with Gasteiger partial charge in [-0.25, -0.2) is 12.8 Å². The minimum absolute atomic E-state index is 0.0938. The second kappa shape index (κ2) is 10.0. The number of carbonyl (C=O) groups is 1. The monoisotopic (exact) mass is 464 g/mol. The molecule has 3 rings (SSSR count). The van der Waals surface area contributed by atoms with Gasteiger partial charge in [0.05, 0.1) is 26.2 Å². The van der Waals surface area contributed by atoms with Gasteiger partial charge in [0.25, 0.3) is 0 Å². The topological polar surface area (TPSA) is 85.4 Å². The molecule has 0 spiro atoms. The zero-order valence-electron chi connectivity index (χ0n) is 18.1. The van der Waals surface area contributed by atoms with E-state index in [0.717, 1.165) is 0 Å². The standard InChI is InChI=1S/C22H25FN2O6S/c1-29-19-7-4-16(14-18(19)23)5-9-22(26)24-10-12-25(13-11-24)32(27,28)17-6-8-20(30-2)21(15-17)31-3/h4-9,14-15H,10-13H2,1-3H3/b9-5+. The summed E-state index contributed by atoms with van der Waals surface area (Å²) in [5.41, 5.74) is 0.520. The number of sulfonamides is 1. The maximum atomic E-state index is 13.8. The number of hydrogen-bond acceptors (Lipinski definition) is 6. The van der Waals surface area contributed by atoms with E-state index in [4.69, 9.17) is 14.2 Å². The lowest BCUT2D eigenvalue weighted by atomic mass is 10.2. The predicted octanol–water partition coefficient (Wildman–Crippen LogP) is 2.40. The maximum Gasteiger partial charge on any atom is 0.246 e. The van der Waals surface area contributed by atoms with E-state index in [1.807, 2.05) is 0 Å².